The molecule has 0 spiro atoms. The van der Waals surface area contributed by atoms with Crippen molar-refractivity contribution in [3.05, 3.63) is 0 Å². The quantitative estimate of drug-likeness (QED) is 0.619. The second-order valence-electron chi connectivity index (χ2n) is 3.80. The zero-order valence-corrected chi connectivity index (χ0v) is 8.29. The number of carbonyl (C=O) groups is 1. The summed E-state index contributed by atoms with van der Waals surface area (Å²) in [4.78, 5) is 13.4. The summed E-state index contributed by atoms with van der Waals surface area (Å²) in [5.74, 6) is 1.80. The van der Waals surface area contributed by atoms with Gasteiger partial charge in [-0.1, -0.05) is 0 Å². The van der Waals surface area contributed by atoms with Crippen molar-refractivity contribution >= 4 is 17.5 Å². The molecule has 2 rings (SSSR count). The van der Waals surface area contributed by atoms with Crippen LogP contribution in [0.2, 0.25) is 0 Å². The van der Waals surface area contributed by atoms with E-state index < -0.39 is 0 Å². The Bertz CT molecular complexity index is 198. The second kappa shape index (κ2) is 3.84. The lowest BCUT2D eigenvalue weighted by Crippen LogP contribution is -2.30. The molecule has 1 amide bonds. The standard InChI is InChI=1S/C9H14ClNO2/c10-2-1-9(12)11-3-7-5-13-6-8(7)4-11/h7-8H,1-6H2. The van der Waals surface area contributed by atoms with E-state index in [-0.39, 0.29) is 5.91 Å². The number of alkyl halides is 1. The first-order chi connectivity index (χ1) is 6.31. The molecule has 13 heavy (non-hydrogen) atoms. The topological polar surface area (TPSA) is 29.5 Å². The Morgan fingerprint density at radius 2 is 2.00 bits per heavy atom. The molecule has 0 N–H and O–H groups in total. The number of fused-ring (bicyclic) bond motifs is 1. The number of carbonyl (C=O) groups excluding carboxylic acids is 1. The number of hydrogen-bond donors (Lipinski definition) is 0. The van der Waals surface area contributed by atoms with Crippen molar-refractivity contribution in [1.29, 1.82) is 0 Å². The predicted octanol–water partition coefficient (Wildman–Crippen LogP) is 0.720. The molecule has 0 aromatic carbocycles. The normalized spacial score (nSPS) is 32.2. The third-order valence-electron chi connectivity index (χ3n) is 2.90. The zero-order chi connectivity index (χ0) is 9.26. The molecular formula is C9H14ClNO2. The van der Waals surface area contributed by atoms with Crippen molar-refractivity contribution in [3.63, 3.8) is 0 Å². The lowest BCUT2D eigenvalue weighted by Gasteiger charge is -2.16. The first kappa shape index (κ1) is 9.28. The molecule has 2 aliphatic rings. The van der Waals surface area contributed by atoms with Crippen molar-refractivity contribution in [2.75, 3.05) is 32.2 Å². The third kappa shape index (κ3) is 1.81. The van der Waals surface area contributed by atoms with Gasteiger partial charge in [0.15, 0.2) is 0 Å². The Balaban J connectivity index is 1.87. The summed E-state index contributed by atoms with van der Waals surface area (Å²) in [6.07, 6.45) is 0.474. The number of nitrogens with zero attached hydrogens (tertiary/aromatic N) is 1. The molecule has 3 nitrogen and oxygen atoms in total. The Kier molecular flexibility index (Phi) is 2.74. The van der Waals surface area contributed by atoms with E-state index in [0.717, 1.165) is 26.3 Å². The third-order valence-corrected chi connectivity index (χ3v) is 3.09. The average molecular weight is 204 g/mol. The van der Waals surface area contributed by atoms with Crippen molar-refractivity contribution < 1.29 is 9.53 Å². The minimum Gasteiger partial charge on any atom is -0.381 e. The van der Waals surface area contributed by atoms with Gasteiger partial charge >= 0.3 is 0 Å². The number of amides is 1. The molecule has 74 valence electrons. The summed E-state index contributed by atoms with van der Waals surface area (Å²) >= 11 is 5.52. The lowest BCUT2D eigenvalue weighted by atomic mass is 10.0. The fourth-order valence-electron chi connectivity index (χ4n) is 2.13. The lowest BCUT2D eigenvalue weighted by molar-refractivity contribution is -0.130. The maximum Gasteiger partial charge on any atom is 0.223 e. The van der Waals surface area contributed by atoms with E-state index in [2.05, 4.69) is 0 Å². The van der Waals surface area contributed by atoms with Crippen LogP contribution in [0.4, 0.5) is 0 Å². The smallest absolute Gasteiger partial charge is 0.223 e. The highest BCUT2D eigenvalue weighted by Gasteiger charge is 2.38. The van der Waals surface area contributed by atoms with Gasteiger partial charge in [-0.3, -0.25) is 4.79 Å². The molecule has 0 radical (unpaired) electrons. The molecule has 2 heterocycles. The van der Waals surface area contributed by atoms with Crippen LogP contribution in [0, 0.1) is 11.8 Å². The summed E-state index contributed by atoms with van der Waals surface area (Å²) in [6, 6.07) is 0. The van der Waals surface area contributed by atoms with Crippen molar-refractivity contribution in [2.45, 2.75) is 6.42 Å². The van der Waals surface area contributed by atoms with Crippen LogP contribution < -0.4 is 0 Å². The van der Waals surface area contributed by atoms with Gasteiger partial charge in [0.25, 0.3) is 0 Å². The van der Waals surface area contributed by atoms with E-state index in [1.165, 1.54) is 0 Å². The first-order valence-corrected chi connectivity index (χ1v) is 5.26. The number of ether oxygens (including phenoxy) is 1. The molecule has 2 fully saturated rings. The molecule has 2 saturated heterocycles. The largest absolute Gasteiger partial charge is 0.381 e. The predicted molar refractivity (Wildman–Crippen MR) is 49.7 cm³/mol. The van der Waals surface area contributed by atoms with Crippen molar-refractivity contribution in [2.24, 2.45) is 11.8 Å². The summed E-state index contributed by atoms with van der Waals surface area (Å²) in [5, 5.41) is 0. The number of likely N-dealkylation sites (tertiary alicyclic amines) is 1. The van der Waals surface area contributed by atoms with Crippen molar-refractivity contribution in [1.82, 2.24) is 4.90 Å². The van der Waals surface area contributed by atoms with E-state index in [9.17, 15) is 4.79 Å². The van der Waals surface area contributed by atoms with E-state index in [1.54, 1.807) is 0 Å². The van der Waals surface area contributed by atoms with E-state index in [1.807, 2.05) is 4.90 Å². The van der Waals surface area contributed by atoms with Crippen LogP contribution in [-0.4, -0.2) is 43.0 Å². The van der Waals surface area contributed by atoms with E-state index >= 15 is 0 Å². The summed E-state index contributed by atoms with van der Waals surface area (Å²) < 4.78 is 5.34. The fraction of sp³-hybridized carbons (Fsp3) is 0.889. The highest BCUT2D eigenvalue weighted by atomic mass is 35.5. The minimum absolute atomic E-state index is 0.199. The van der Waals surface area contributed by atoms with Crippen LogP contribution in [0.5, 0.6) is 0 Å². The van der Waals surface area contributed by atoms with Gasteiger partial charge in [0, 0.05) is 37.2 Å². The van der Waals surface area contributed by atoms with Gasteiger partial charge in [-0.2, -0.15) is 0 Å². The Morgan fingerprint density at radius 3 is 2.54 bits per heavy atom. The molecule has 2 unspecified atom stereocenters. The highest BCUT2D eigenvalue weighted by Crippen LogP contribution is 2.29. The Hall–Kier alpha value is -0.280. The fourth-order valence-corrected chi connectivity index (χ4v) is 2.29. The summed E-state index contributed by atoms with van der Waals surface area (Å²) in [5.41, 5.74) is 0. The Morgan fingerprint density at radius 1 is 1.38 bits per heavy atom. The molecule has 2 aliphatic heterocycles. The van der Waals surface area contributed by atoms with Crippen LogP contribution in [0.25, 0.3) is 0 Å². The molecule has 0 bridgehead atoms. The first-order valence-electron chi connectivity index (χ1n) is 4.72. The van der Waals surface area contributed by atoms with Crippen LogP contribution in [0.15, 0.2) is 0 Å². The maximum absolute atomic E-state index is 11.5. The van der Waals surface area contributed by atoms with Gasteiger partial charge in [-0.15, -0.1) is 11.6 Å². The number of halogens is 1. The van der Waals surface area contributed by atoms with Crippen LogP contribution in [0.1, 0.15) is 6.42 Å². The molecular weight excluding hydrogens is 190 g/mol. The highest BCUT2D eigenvalue weighted by molar-refractivity contribution is 6.18. The van der Waals surface area contributed by atoms with Gasteiger partial charge in [0.1, 0.15) is 0 Å². The molecule has 0 aromatic rings. The summed E-state index contributed by atoms with van der Waals surface area (Å²) in [7, 11) is 0. The SMILES string of the molecule is O=C(CCCl)N1CC2COCC2C1. The monoisotopic (exact) mass is 203 g/mol. The number of hydrogen-bond acceptors (Lipinski definition) is 2. The molecule has 2 atom stereocenters. The minimum atomic E-state index is 0.199. The molecule has 0 saturated carbocycles. The zero-order valence-electron chi connectivity index (χ0n) is 7.54. The van der Waals surface area contributed by atoms with E-state index in [0.29, 0.717) is 24.1 Å². The average Bonchev–Trinajstić information content (AvgIpc) is 2.61. The van der Waals surface area contributed by atoms with Gasteiger partial charge in [-0.25, -0.2) is 0 Å². The molecule has 4 heteroatoms. The van der Waals surface area contributed by atoms with Gasteiger partial charge in [0.05, 0.1) is 13.2 Å². The van der Waals surface area contributed by atoms with Gasteiger partial charge in [0.2, 0.25) is 5.91 Å². The number of rotatable bonds is 2. The van der Waals surface area contributed by atoms with Crippen LogP contribution in [0.3, 0.4) is 0 Å². The van der Waals surface area contributed by atoms with Crippen molar-refractivity contribution in [3.8, 4) is 0 Å². The summed E-state index contributed by atoms with van der Waals surface area (Å²) in [6.45, 7) is 3.41. The van der Waals surface area contributed by atoms with E-state index in [4.69, 9.17) is 16.3 Å². The van der Waals surface area contributed by atoms with Crippen LogP contribution in [-0.2, 0) is 9.53 Å². The Labute approximate surface area is 83.0 Å². The molecule has 0 aromatic heterocycles. The maximum atomic E-state index is 11.5. The van der Waals surface area contributed by atoms with Gasteiger partial charge < -0.3 is 9.64 Å². The van der Waals surface area contributed by atoms with Crippen LogP contribution >= 0.6 is 11.6 Å². The molecule has 0 aliphatic carbocycles. The second-order valence-corrected chi connectivity index (χ2v) is 4.17. The van der Waals surface area contributed by atoms with Gasteiger partial charge in [-0.05, 0) is 0 Å².